The number of nitrogens with zero attached hydrogens (tertiary/aromatic N) is 2. The van der Waals surface area contributed by atoms with E-state index in [0.29, 0.717) is 5.92 Å². The summed E-state index contributed by atoms with van der Waals surface area (Å²) < 4.78 is 3.26. The zero-order valence-corrected chi connectivity index (χ0v) is 12.1. The number of hydrogen-bond acceptors (Lipinski definition) is 2. The molecule has 2 rings (SSSR count). The minimum Gasteiger partial charge on any atom is -0.331 e. The Bertz CT molecular complexity index is 519. The molecule has 0 saturated heterocycles. The van der Waals surface area contributed by atoms with Crippen LogP contribution in [0.1, 0.15) is 25.6 Å². The Morgan fingerprint density at radius 3 is 2.94 bits per heavy atom. The molecule has 1 N–H and O–H groups in total. The minimum absolute atomic E-state index is 0.422. The summed E-state index contributed by atoms with van der Waals surface area (Å²) in [5, 5.41) is 3.37. The van der Waals surface area contributed by atoms with Crippen LogP contribution >= 0.6 is 15.9 Å². The molecule has 0 saturated carbocycles. The third kappa shape index (κ3) is 2.53. The maximum absolute atomic E-state index is 4.72. The molecule has 0 aliphatic heterocycles. The molecular weight excluding hydrogens is 278 g/mol. The lowest BCUT2D eigenvalue weighted by atomic mass is 10.1. The SMILES string of the molecule is CCNCC(C)c1nc2cc(Br)ccc2n1C. The molecule has 0 fully saturated rings. The fourth-order valence-electron chi connectivity index (χ4n) is 2.08. The van der Waals surface area contributed by atoms with Crippen LogP contribution in [0.5, 0.6) is 0 Å². The van der Waals surface area contributed by atoms with E-state index in [-0.39, 0.29) is 0 Å². The van der Waals surface area contributed by atoms with Crippen molar-refractivity contribution < 1.29 is 0 Å². The maximum Gasteiger partial charge on any atom is 0.113 e. The third-order valence-electron chi connectivity index (χ3n) is 3.02. The first-order valence-electron chi connectivity index (χ1n) is 5.96. The number of aromatic nitrogens is 2. The molecule has 17 heavy (non-hydrogen) atoms. The molecule has 4 heteroatoms. The summed E-state index contributed by atoms with van der Waals surface area (Å²) in [5.41, 5.74) is 2.24. The highest BCUT2D eigenvalue weighted by molar-refractivity contribution is 9.10. The van der Waals surface area contributed by atoms with Crippen LogP contribution in [0.25, 0.3) is 11.0 Å². The van der Waals surface area contributed by atoms with Crippen LogP contribution in [0.4, 0.5) is 0 Å². The summed E-state index contributed by atoms with van der Waals surface area (Å²) >= 11 is 3.48. The van der Waals surface area contributed by atoms with Crippen LogP contribution in [0.15, 0.2) is 22.7 Å². The first-order chi connectivity index (χ1) is 8.13. The van der Waals surface area contributed by atoms with Crippen LogP contribution in [-0.4, -0.2) is 22.6 Å². The van der Waals surface area contributed by atoms with E-state index in [1.54, 1.807) is 0 Å². The molecule has 92 valence electrons. The lowest BCUT2D eigenvalue weighted by Gasteiger charge is -2.11. The van der Waals surface area contributed by atoms with Crippen molar-refractivity contribution in [2.75, 3.05) is 13.1 Å². The molecule has 2 aromatic rings. The Morgan fingerprint density at radius 2 is 2.24 bits per heavy atom. The molecule has 1 heterocycles. The molecular formula is C13H18BrN3. The molecule has 0 bridgehead atoms. The molecule has 1 unspecified atom stereocenters. The van der Waals surface area contributed by atoms with Crippen LogP contribution in [0.3, 0.4) is 0 Å². The molecule has 1 atom stereocenters. The number of halogens is 1. The van der Waals surface area contributed by atoms with Crippen LogP contribution in [0.2, 0.25) is 0 Å². The average Bonchev–Trinajstić information content (AvgIpc) is 2.63. The molecule has 0 radical (unpaired) electrons. The molecule has 1 aromatic carbocycles. The largest absolute Gasteiger partial charge is 0.331 e. The standard InChI is InChI=1S/C13H18BrN3/c1-4-15-8-9(2)13-16-11-7-10(14)5-6-12(11)17(13)3/h5-7,9,15H,4,8H2,1-3H3. The van der Waals surface area contributed by atoms with Crippen molar-refractivity contribution in [3.8, 4) is 0 Å². The Kier molecular flexibility index (Phi) is 3.84. The van der Waals surface area contributed by atoms with Gasteiger partial charge in [0.25, 0.3) is 0 Å². The Morgan fingerprint density at radius 1 is 1.47 bits per heavy atom. The van der Waals surface area contributed by atoms with E-state index >= 15 is 0 Å². The number of benzene rings is 1. The van der Waals surface area contributed by atoms with Crippen LogP contribution in [-0.2, 0) is 7.05 Å². The summed E-state index contributed by atoms with van der Waals surface area (Å²) in [6.07, 6.45) is 0. The van der Waals surface area contributed by atoms with Crippen molar-refractivity contribution in [1.29, 1.82) is 0 Å². The van der Waals surface area contributed by atoms with Gasteiger partial charge in [0.2, 0.25) is 0 Å². The fraction of sp³-hybridized carbons (Fsp3) is 0.462. The second-order valence-corrected chi connectivity index (χ2v) is 5.29. The van der Waals surface area contributed by atoms with Crippen molar-refractivity contribution in [2.45, 2.75) is 19.8 Å². The number of likely N-dealkylation sites (N-methyl/N-ethyl adjacent to an activating group) is 1. The Balaban J connectivity index is 2.37. The minimum atomic E-state index is 0.422. The average molecular weight is 296 g/mol. The maximum atomic E-state index is 4.72. The number of imidazole rings is 1. The summed E-state index contributed by atoms with van der Waals surface area (Å²) in [6.45, 7) is 6.30. The van der Waals surface area contributed by atoms with Crippen molar-refractivity contribution in [3.63, 3.8) is 0 Å². The van der Waals surface area contributed by atoms with Gasteiger partial charge in [-0.15, -0.1) is 0 Å². The molecule has 1 aromatic heterocycles. The number of fused-ring (bicyclic) bond motifs is 1. The van der Waals surface area contributed by atoms with E-state index in [1.807, 2.05) is 0 Å². The highest BCUT2D eigenvalue weighted by Gasteiger charge is 2.13. The van der Waals surface area contributed by atoms with E-state index in [2.05, 4.69) is 64.9 Å². The third-order valence-corrected chi connectivity index (χ3v) is 3.51. The summed E-state index contributed by atoms with van der Waals surface area (Å²) in [4.78, 5) is 4.72. The van der Waals surface area contributed by atoms with Crippen LogP contribution < -0.4 is 5.32 Å². The summed E-state index contributed by atoms with van der Waals surface area (Å²) in [7, 11) is 2.08. The summed E-state index contributed by atoms with van der Waals surface area (Å²) in [6, 6.07) is 6.23. The highest BCUT2D eigenvalue weighted by atomic mass is 79.9. The summed E-state index contributed by atoms with van der Waals surface area (Å²) in [5.74, 6) is 1.56. The van der Waals surface area contributed by atoms with E-state index in [4.69, 9.17) is 4.98 Å². The van der Waals surface area contributed by atoms with Gasteiger partial charge >= 0.3 is 0 Å². The first-order valence-corrected chi connectivity index (χ1v) is 6.75. The predicted octanol–water partition coefficient (Wildman–Crippen LogP) is 3.05. The van der Waals surface area contributed by atoms with Crippen molar-refractivity contribution >= 4 is 27.0 Å². The number of aryl methyl sites for hydroxylation is 1. The van der Waals surface area contributed by atoms with E-state index < -0.39 is 0 Å². The van der Waals surface area contributed by atoms with Gasteiger partial charge in [-0.2, -0.15) is 0 Å². The predicted molar refractivity (Wildman–Crippen MR) is 75.4 cm³/mol. The monoisotopic (exact) mass is 295 g/mol. The topological polar surface area (TPSA) is 29.9 Å². The molecule has 0 aliphatic rings. The van der Waals surface area contributed by atoms with Gasteiger partial charge in [-0.05, 0) is 24.7 Å². The highest BCUT2D eigenvalue weighted by Crippen LogP contribution is 2.23. The second kappa shape index (κ2) is 5.19. The molecule has 3 nitrogen and oxygen atoms in total. The molecule has 0 spiro atoms. The molecule has 0 amide bonds. The van der Waals surface area contributed by atoms with Crippen molar-refractivity contribution in [2.24, 2.45) is 7.05 Å². The zero-order chi connectivity index (χ0) is 12.4. The Hall–Kier alpha value is -0.870. The zero-order valence-electron chi connectivity index (χ0n) is 10.5. The van der Waals surface area contributed by atoms with Gasteiger partial charge in [0.15, 0.2) is 0 Å². The number of nitrogens with one attached hydrogen (secondary N) is 1. The first kappa shape index (κ1) is 12.6. The number of hydrogen-bond donors (Lipinski definition) is 1. The smallest absolute Gasteiger partial charge is 0.113 e. The second-order valence-electron chi connectivity index (χ2n) is 4.37. The van der Waals surface area contributed by atoms with E-state index in [1.165, 1.54) is 5.52 Å². The van der Waals surface area contributed by atoms with E-state index in [0.717, 1.165) is 28.9 Å². The number of rotatable bonds is 4. The van der Waals surface area contributed by atoms with Gasteiger partial charge in [0.05, 0.1) is 11.0 Å². The van der Waals surface area contributed by atoms with Gasteiger partial charge < -0.3 is 9.88 Å². The van der Waals surface area contributed by atoms with Gasteiger partial charge in [0.1, 0.15) is 5.82 Å². The van der Waals surface area contributed by atoms with Gasteiger partial charge in [0, 0.05) is 24.0 Å². The van der Waals surface area contributed by atoms with Crippen molar-refractivity contribution in [1.82, 2.24) is 14.9 Å². The quantitative estimate of drug-likeness (QED) is 0.940. The Labute approximate surface area is 110 Å². The van der Waals surface area contributed by atoms with Gasteiger partial charge in [-0.25, -0.2) is 4.98 Å². The lowest BCUT2D eigenvalue weighted by Crippen LogP contribution is -2.21. The molecule has 0 aliphatic carbocycles. The normalized spacial score (nSPS) is 13.2. The van der Waals surface area contributed by atoms with Crippen molar-refractivity contribution in [3.05, 3.63) is 28.5 Å². The lowest BCUT2D eigenvalue weighted by molar-refractivity contribution is 0.593. The van der Waals surface area contributed by atoms with Gasteiger partial charge in [-0.3, -0.25) is 0 Å². The van der Waals surface area contributed by atoms with Crippen LogP contribution in [0, 0.1) is 0 Å². The van der Waals surface area contributed by atoms with E-state index in [9.17, 15) is 0 Å². The van der Waals surface area contributed by atoms with Gasteiger partial charge in [-0.1, -0.05) is 29.8 Å². The fourth-order valence-corrected chi connectivity index (χ4v) is 2.43.